The highest BCUT2D eigenvalue weighted by Gasteiger charge is 2.27. The van der Waals surface area contributed by atoms with Crippen LogP contribution in [-0.4, -0.2) is 35.1 Å². The van der Waals surface area contributed by atoms with Gasteiger partial charge in [-0.05, 0) is 37.1 Å². The molecular formula is C19H19ClN2O4. The van der Waals surface area contributed by atoms with Crippen molar-refractivity contribution in [3.05, 3.63) is 53.6 Å². The summed E-state index contributed by atoms with van der Waals surface area (Å²) in [6.45, 7) is 0.826. The van der Waals surface area contributed by atoms with E-state index in [-0.39, 0.29) is 11.9 Å². The summed E-state index contributed by atoms with van der Waals surface area (Å²) in [4.78, 5) is 25.1. The van der Waals surface area contributed by atoms with E-state index in [2.05, 4.69) is 5.32 Å². The van der Waals surface area contributed by atoms with Gasteiger partial charge in [0.15, 0.2) is 5.75 Å². The summed E-state index contributed by atoms with van der Waals surface area (Å²) in [6, 6.07) is 13.9. The zero-order valence-electron chi connectivity index (χ0n) is 14.0. The van der Waals surface area contributed by atoms with Crippen LogP contribution < -0.4 is 10.1 Å². The summed E-state index contributed by atoms with van der Waals surface area (Å²) in [5.74, 6) is -0.203. The van der Waals surface area contributed by atoms with Crippen LogP contribution in [0, 0.1) is 5.92 Å². The Bertz CT molecular complexity index is 804. The lowest BCUT2D eigenvalue weighted by atomic mass is 9.97. The standard InChI is InChI=1S/C19H19ClN2O4/c20-14-5-1-3-7-16(14)26-17-8-4-2-6-15(17)21-19(25)22-11-9-13(10-12-22)18(23)24/h1-8,13H,9-12H2,(H,21,25)(H,23,24). The number of likely N-dealkylation sites (tertiary alicyclic amines) is 1. The van der Waals surface area contributed by atoms with Gasteiger partial charge in [0.2, 0.25) is 0 Å². The summed E-state index contributed by atoms with van der Waals surface area (Å²) in [6.07, 6.45) is 0.918. The minimum absolute atomic E-state index is 0.274. The number of ether oxygens (including phenoxy) is 1. The van der Waals surface area contributed by atoms with Crippen molar-refractivity contribution in [3.8, 4) is 11.5 Å². The number of carbonyl (C=O) groups excluding carboxylic acids is 1. The third-order valence-corrected chi connectivity index (χ3v) is 4.63. The molecule has 2 aromatic carbocycles. The number of anilines is 1. The van der Waals surface area contributed by atoms with Crippen molar-refractivity contribution in [2.75, 3.05) is 18.4 Å². The molecule has 2 amide bonds. The Balaban J connectivity index is 1.68. The van der Waals surface area contributed by atoms with E-state index in [4.69, 9.17) is 21.4 Å². The third kappa shape index (κ3) is 4.26. The normalized spacial score (nSPS) is 14.7. The van der Waals surface area contributed by atoms with Gasteiger partial charge in [-0.1, -0.05) is 35.9 Å². The van der Waals surface area contributed by atoms with Gasteiger partial charge in [0.05, 0.1) is 16.6 Å². The number of nitrogens with zero attached hydrogens (tertiary/aromatic N) is 1. The number of carboxylic acids is 1. The Morgan fingerprint density at radius 3 is 2.31 bits per heavy atom. The maximum atomic E-state index is 12.5. The van der Waals surface area contributed by atoms with Crippen molar-refractivity contribution in [3.63, 3.8) is 0 Å². The Kier molecular flexibility index (Phi) is 5.63. The van der Waals surface area contributed by atoms with E-state index in [1.54, 1.807) is 41.3 Å². The smallest absolute Gasteiger partial charge is 0.321 e. The van der Waals surface area contributed by atoms with Gasteiger partial charge in [-0.2, -0.15) is 0 Å². The fourth-order valence-electron chi connectivity index (χ4n) is 2.83. The first-order chi connectivity index (χ1) is 12.5. The maximum Gasteiger partial charge on any atom is 0.321 e. The van der Waals surface area contributed by atoms with Crippen LogP contribution >= 0.6 is 11.6 Å². The summed E-state index contributed by atoms with van der Waals surface area (Å²) >= 11 is 6.12. The first kappa shape index (κ1) is 18.1. The zero-order chi connectivity index (χ0) is 18.5. The third-order valence-electron chi connectivity index (χ3n) is 4.32. The number of nitrogens with one attached hydrogen (secondary N) is 1. The highest BCUT2D eigenvalue weighted by molar-refractivity contribution is 6.32. The second-order valence-corrected chi connectivity index (χ2v) is 6.47. The predicted octanol–water partition coefficient (Wildman–Crippen LogP) is 4.46. The molecule has 0 aromatic heterocycles. The van der Waals surface area contributed by atoms with Gasteiger partial charge < -0.3 is 20.1 Å². The predicted molar refractivity (Wildman–Crippen MR) is 98.9 cm³/mol. The van der Waals surface area contributed by atoms with Crippen LogP contribution in [0.4, 0.5) is 10.5 Å². The van der Waals surface area contributed by atoms with E-state index < -0.39 is 5.97 Å². The van der Waals surface area contributed by atoms with Gasteiger partial charge >= 0.3 is 12.0 Å². The van der Waals surface area contributed by atoms with Gasteiger partial charge in [-0.15, -0.1) is 0 Å². The molecule has 0 atom stereocenters. The maximum absolute atomic E-state index is 12.5. The van der Waals surface area contributed by atoms with Crippen LogP contribution in [0.25, 0.3) is 0 Å². The molecule has 0 bridgehead atoms. The van der Waals surface area contributed by atoms with Gasteiger partial charge in [-0.3, -0.25) is 4.79 Å². The number of halogens is 1. The monoisotopic (exact) mass is 374 g/mol. The summed E-state index contributed by atoms with van der Waals surface area (Å²) in [7, 11) is 0. The van der Waals surface area contributed by atoms with Crippen LogP contribution in [0.3, 0.4) is 0 Å². The van der Waals surface area contributed by atoms with Gasteiger partial charge in [0.25, 0.3) is 0 Å². The quantitative estimate of drug-likeness (QED) is 0.828. The van der Waals surface area contributed by atoms with Gasteiger partial charge in [0, 0.05) is 13.1 Å². The van der Waals surface area contributed by atoms with Crippen LogP contribution in [-0.2, 0) is 4.79 Å². The molecule has 7 heteroatoms. The largest absolute Gasteiger partial charge is 0.481 e. The molecule has 0 saturated carbocycles. The van der Waals surface area contributed by atoms with Gasteiger partial charge in [-0.25, -0.2) is 4.79 Å². The fourth-order valence-corrected chi connectivity index (χ4v) is 3.00. The Morgan fingerprint density at radius 1 is 1.04 bits per heavy atom. The van der Waals surface area contributed by atoms with Crippen molar-refractivity contribution in [1.29, 1.82) is 0 Å². The molecule has 0 unspecified atom stereocenters. The highest BCUT2D eigenvalue weighted by atomic mass is 35.5. The molecule has 0 spiro atoms. The molecule has 1 aliphatic rings. The molecule has 1 heterocycles. The van der Waals surface area contributed by atoms with E-state index in [1.165, 1.54) is 0 Å². The number of carbonyl (C=O) groups is 2. The second-order valence-electron chi connectivity index (χ2n) is 6.06. The van der Waals surface area contributed by atoms with Crippen LogP contribution in [0.1, 0.15) is 12.8 Å². The average molecular weight is 375 g/mol. The summed E-state index contributed by atoms with van der Waals surface area (Å²) in [5.41, 5.74) is 0.526. The SMILES string of the molecule is O=C(O)C1CCN(C(=O)Nc2ccccc2Oc2ccccc2Cl)CC1. The number of amides is 2. The first-order valence-electron chi connectivity index (χ1n) is 8.35. The lowest BCUT2D eigenvalue weighted by Crippen LogP contribution is -2.42. The lowest BCUT2D eigenvalue weighted by molar-refractivity contribution is -0.143. The number of piperidine rings is 1. The zero-order valence-corrected chi connectivity index (χ0v) is 14.8. The minimum Gasteiger partial charge on any atom is -0.481 e. The fraction of sp³-hybridized carbons (Fsp3) is 0.263. The molecule has 1 fully saturated rings. The highest BCUT2D eigenvalue weighted by Crippen LogP contribution is 2.33. The van der Waals surface area contributed by atoms with E-state index in [0.29, 0.717) is 48.1 Å². The minimum atomic E-state index is -0.802. The van der Waals surface area contributed by atoms with Crippen molar-refractivity contribution >= 4 is 29.3 Å². The van der Waals surface area contributed by atoms with Crippen molar-refractivity contribution in [2.24, 2.45) is 5.92 Å². The van der Waals surface area contributed by atoms with Crippen molar-refractivity contribution < 1.29 is 19.4 Å². The van der Waals surface area contributed by atoms with Crippen molar-refractivity contribution in [1.82, 2.24) is 4.90 Å². The molecule has 2 N–H and O–H groups in total. The molecule has 1 saturated heterocycles. The van der Waals surface area contributed by atoms with E-state index >= 15 is 0 Å². The van der Waals surface area contributed by atoms with E-state index in [0.717, 1.165) is 0 Å². The van der Waals surface area contributed by atoms with E-state index in [9.17, 15) is 9.59 Å². The lowest BCUT2D eigenvalue weighted by Gasteiger charge is -2.30. The number of hydrogen-bond acceptors (Lipinski definition) is 3. The van der Waals surface area contributed by atoms with Crippen LogP contribution in [0.15, 0.2) is 48.5 Å². The topological polar surface area (TPSA) is 78.9 Å². The first-order valence-corrected chi connectivity index (χ1v) is 8.72. The molecule has 136 valence electrons. The number of para-hydroxylation sites is 3. The molecule has 3 rings (SSSR count). The average Bonchev–Trinajstić information content (AvgIpc) is 2.65. The number of benzene rings is 2. The number of urea groups is 1. The molecule has 6 nitrogen and oxygen atoms in total. The number of carboxylic acid groups (broad SMARTS) is 1. The molecule has 2 aromatic rings. The summed E-state index contributed by atoms with van der Waals surface area (Å²) in [5, 5.41) is 12.4. The molecule has 0 aliphatic carbocycles. The van der Waals surface area contributed by atoms with E-state index in [1.807, 2.05) is 12.1 Å². The molecule has 26 heavy (non-hydrogen) atoms. The summed E-state index contributed by atoms with van der Waals surface area (Å²) < 4.78 is 5.83. The van der Waals surface area contributed by atoms with Gasteiger partial charge in [0.1, 0.15) is 5.75 Å². The Labute approximate surface area is 156 Å². The second kappa shape index (κ2) is 8.10. The Hall–Kier alpha value is -2.73. The molecule has 0 radical (unpaired) electrons. The van der Waals surface area contributed by atoms with Crippen molar-refractivity contribution in [2.45, 2.75) is 12.8 Å². The Morgan fingerprint density at radius 2 is 1.65 bits per heavy atom. The molecule has 1 aliphatic heterocycles. The van der Waals surface area contributed by atoms with Crippen LogP contribution in [0.5, 0.6) is 11.5 Å². The van der Waals surface area contributed by atoms with Crippen LogP contribution in [0.2, 0.25) is 5.02 Å². The number of aliphatic carboxylic acids is 1. The molecular weight excluding hydrogens is 356 g/mol. The number of rotatable bonds is 4. The number of hydrogen-bond donors (Lipinski definition) is 2.